The highest BCUT2D eigenvalue weighted by Crippen LogP contribution is 2.49. The molecule has 2 aliphatic carbocycles. The second kappa shape index (κ2) is 9.54. The van der Waals surface area contributed by atoms with Crippen LogP contribution in [0, 0.1) is 11.3 Å². The normalized spacial score (nSPS) is 27.6. The first-order chi connectivity index (χ1) is 17.4. The number of rotatable bonds is 4. The number of likely N-dealkylation sites (tertiary alicyclic amines) is 2. The Bertz CT molecular complexity index is 998. The highest BCUT2D eigenvalue weighted by Gasteiger charge is 2.54. The van der Waals surface area contributed by atoms with Gasteiger partial charge >= 0.3 is 6.09 Å². The number of aromatic nitrogens is 2. The summed E-state index contributed by atoms with van der Waals surface area (Å²) in [4.78, 5) is 35.4. The molecule has 2 saturated carbocycles. The van der Waals surface area contributed by atoms with Crippen molar-refractivity contribution in [2.24, 2.45) is 11.3 Å². The number of nitrogens with zero attached hydrogens (tertiary/aromatic N) is 4. The van der Waals surface area contributed by atoms with Crippen LogP contribution in [-0.2, 0) is 14.9 Å². The van der Waals surface area contributed by atoms with Crippen molar-refractivity contribution in [3.05, 3.63) is 11.7 Å². The van der Waals surface area contributed by atoms with E-state index in [1.807, 2.05) is 25.7 Å². The average molecular weight is 517 g/mol. The lowest BCUT2D eigenvalue weighted by atomic mass is 9.61. The smallest absolute Gasteiger partial charge is 0.410 e. The van der Waals surface area contributed by atoms with Crippen LogP contribution in [0.1, 0.15) is 110 Å². The number of aliphatic hydroxyl groups excluding tert-OH is 1. The van der Waals surface area contributed by atoms with E-state index < -0.39 is 23.8 Å². The molecule has 0 bridgehead atoms. The predicted octanol–water partition coefficient (Wildman–Crippen LogP) is 4.39. The minimum atomic E-state index is -0.710. The molecule has 1 aromatic rings. The maximum atomic E-state index is 13.9. The summed E-state index contributed by atoms with van der Waals surface area (Å²) >= 11 is 0. The van der Waals surface area contributed by atoms with Gasteiger partial charge in [-0.25, -0.2) is 4.79 Å². The maximum absolute atomic E-state index is 13.9. The van der Waals surface area contributed by atoms with Gasteiger partial charge in [0.05, 0.1) is 6.10 Å². The third-order valence-electron chi connectivity index (χ3n) is 9.69. The van der Waals surface area contributed by atoms with E-state index in [0.717, 1.165) is 56.7 Å². The molecule has 206 valence electrons. The first-order valence-corrected chi connectivity index (χ1v) is 14.2. The molecule has 1 N–H and O–H groups in total. The lowest BCUT2D eigenvalue weighted by molar-refractivity contribution is -0.153. The molecule has 1 aromatic heterocycles. The van der Waals surface area contributed by atoms with Crippen LogP contribution in [0.5, 0.6) is 0 Å². The molecular formula is C28H44N4O5. The molecule has 3 heterocycles. The second-order valence-corrected chi connectivity index (χ2v) is 13.3. The Kier molecular flexibility index (Phi) is 6.82. The lowest BCUT2D eigenvalue weighted by Gasteiger charge is -2.54. The van der Waals surface area contributed by atoms with Crippen molar-refractivity contribution in [1.82, 2.24) is 19.9 Å². The van der Waals surface area contributed by atoms with E-state index in [1.54, 1.807) is 4.90 Å². The van der Waals surface area contributed by atoms with Gasteiger partial charge in [0.15, 0.2) is 5.82 Å². The molecule has 0 unspecified atom stereocenters. The minimum absolute atomic E-state index is 0.0975. The van der Waals surface area contributed by atoms with Gasteiger partial charge in [0.2, 0.25) is 11.8 Å². The number of hydrogen-bond donors (Lipinski definition) is 1. The quantitative estimate of drug-likeness (QED) is 0.632. The summed E-state index contributed by atoms with van der Waals surface area (Å²) in [7, 11) is 0. The second-order valence-electron chi connectivity index (χ2n) is 13.3. The van der Waals surface area contributed by atoms with Gasteiger partial charge < -0.3 is 19.3 Å². The number of amides is 2. The van der Waals surface area contributed by atoms with Crippen LogP contribution in [0.3, 0.4) is 0 Å². The first kappa shape index (κ1) is 26.4. The summed E-state index contributed by atoms with van der Waals surface area (Å²) in [5, 5.41) is 15.4. The Morgan fingerprint density at radius 1 is 1.11 bits per heavy atom. The van der Waals surface area contributed by atoms with E-state index in [0.29, 0.717) is 31.5 Å². The third kappa shape index (κ3) is 4.77. The molecule has 2 atom stereocenters. The fourth-order valence-corrected chi connectivity index (χ4v) is 6.67. The van der Waals surface area contributed by atoms with Crippen molar-refractivity contribution in [2.75, 3.05) is 19.6 Å². The van der Waals surface area contributed by atoms with Crippen LogP contribution >= 0.6 is 0 Å². The summed E-state index contributed by atoms with van der Waals surface area (Å²) in [6.45, 7) is 11.4. The molecule has 37 heavy (non-hydrogen) atoms. The van der Waals surface area contributed by atoms with Crippen molar-refractivity contribution in [3.8, 4) is 0 Å². The minimum Gasteiger partial charge on any atom is -0.444 e. The summed E-state index contributed by atoms with van der Waals surface area (Å²) < 4.78 is 11.4. The summed E-state index contributed by atoms with van der Waals surface area (Å²) in [6.07, 6.45) is 6.93. The molecule has 4 fully saturated rings. The molecule has 9 heteroatoms. The number of ether oxygens (including phenoxy) is 1. The van der Waals surface area contributed by atoms with Crippen molar-refractivity contribution in [3.63, 3.8) is 0 Å². The molecule has 2 amide bonds. The number of carbonyl (C=O) groups is 2. The van der Waals surface area contributed by atoms with E-state index in [9.17, 15) is 14.7 Å². The summed E-state index contributed by atoms with van der Waals surface area (Å²) in [5.41, 5.74) is -1.20. The Morgan fingerprint density at radius 2 is 1.78 bits per heavy atom. The van der Waals surface area contributed by atoms with Crippen molar-refractivity contribution in [1.29, 1.82) is 0 Å². The maximum Gasteiger partial charge on any atom is 0.410 e. The van der Waals surface area contributed by atoms with Crippen molar-refractivity contribution < 1.29 is 24.0 Å². The third-order valence-corrected chi connectivity index (χ3v) is 9.69. The van der Waals surface area contributed by atoms with Crippen LogP contribution in [0.15, 0.2) is 4.52 Å². The molecule has 5 rings (SSSR count). The number of piperidine rings is 2. The van der Waals surface area contributed by atoms with Gasteiger partial charge in [-0.3, -0.25) is 9.69 Å². The summed E-state index contributed by atoms with van der Waals surface area (Å²) in [5.74, 6) is 2.12. The highest BCUT2D eigenvalue weighted by atomic mass is 16.6. The fraction of sp³-hybridized carbons (Fsp3) is 0.857. The van der Waals surface area contributed by atoms with Gasteiger partial charge in [0.25, 0.3) is 0 Å². The standard InChI is InChI=1S/C28H44N4O5/c1-18(2)28(24-29-22(37-30-24)19-8-6-9-19)12-14-31(15-13-28)23(34)20-16-21(33)27(10-7-11-27)17-32(20)25(35)36-26(3,4)5/h18-21,33H,6-17H2,1-5H3/t20-,21+/m0/s1. The van der Waals surface area contributed by atoms with Gasteiger partial charge in [0, 0.05) is 42.8 Å². The molecule has 4 aliphatic rings. The highest BCUT2D eigenvalue weighted by molar-refractivity contribution is 5.86. The number of carbonyl (C=O) groups excluding carboxylic acids is 2. The van der Waals surface area contributed by atoms with Crippen LogP contribution < -0.4 is 0 Å². The monoisotopic (exact) mass is 516 g/mol. The van der Waals surface area contributed by atoms with E-state index in [2.05, 4.69) is 19.0 Å². The molecule has 1 spiro atoms. The topological polar surface area (TPSA) is 109 Å². The Labute approximate surface area is 220 Å². The molecule has 0 radical (unpaired) electrons. The molecule has 0 aromatic carbocycles. The molecule has 2 aliphatic heterocycles. The molecule has 9 nitrogen and oxygen atoms in total. The zero-order valence-corrected chi connectivity index (χ0v) is 23.2. The van der Waals surface area contributed by atoms with E-state index in [1.165, 1.54) is 6.42 Å². The van der Waals surface area contributed by atoms with E-state index in [4.69, 9.17) is 14.2 Å². The van der Waals surface area contributed by atoms with Gasteiger partial charge in [0.1, 0.15) is 11.6 Å². The fourth-order valence-electron chi connectivity index (χ4n) is 6.67. The summed E-state index contributed by atoms with van der Waals surface area (Å²) in [6, 6.07) is -0.710. The SMILES string of the molecule is CC(C)C1(c2noc(C3CCC3)n2)CCN(C(=O)[C@@H]2C[C@@H](O)C3(CCC3)CN2C(=O)OC(C)(C)C)CC1. The van der Waals surface area contributed by atoms with Crippen LogP contribution in [0.2, 0.25) is 0 Å². The van der Waals surface area contributed by atoms with E-state index in [-0.39, 0.29) is 23.2 Å². The average Bonchev–Trinajstić information content (AvgIpc) is 3.24. The molecule has 2 saturated heterocycles. The zero-order chi connectivity index (χ0) is 26.6. The van der Waals surface area contributed by atoms with Crippen LogP contribution in [-0.4, -0.2) is 74.4 Å². The van der Waals surface area contributed by atoms with Gasteiger partial charge in [-0.15, -0.1) is 0 Å². The lowest BCUT2D eigenvalue weighted by Crippen LogP contribution is -2.65. The van der Waals surface area contributed by atoms with Gasteiger partial charge in [-0.1, -0.05) is 31.8 Å². The Balaban J connectivity index is 1.31. The number of aliphatic hydroxyl groups is 1. The molecular weight excluding hydrogens is 472 g/mol. The predicted molar refractivity (Wildman–Crippen MR) is 137 cm³/mol. The van der Waals surface area contributed by atoms with Crippen LogP contribution in [0.25, 0.3) is 0 Å². The van der Waals surface area contributed by atoms with E-state index >= 15 is 0 Å². The number of hydrogen-bond acceptors (Lipinski definition) is 7. The Hall–Kier alpha value is -2.16. The van der Waals surface area contributed by atoms with Crippen molar-refractivity contribution in [2.45, 2.75) is 121 Å². The van der Waals surface area contributed by atoms with Gasteiger partial charge in [-0.05, 0) is 65.2 Å². The van der Waals surface area contributed by atoms with Gasteiger partial charge in [-0.2, -0.15) is 4.98 Å². The Morgan fingerprint density at radius 3 is 2.30 bits per heavy atom. The zero-order valence-electron chi connectivity index (χ0n) is 23.2. The van der Waals surface area contributed by atoms with Crippen molar-refractivity contribution >= 4 is 12.0 Å². The largest absolute Gasteiger partial charge is 0.444 e. The van der Waals surface area contributed by atoms with Crippen LogP contribution in [0.4, 0.5) is 4.79 Å². The first-order valence-electron chi connectivity index (χ1n) is 14.2.